The molecule has 0 bridgehead atoms. The van der Waals surface area contributed by atoms with Crippen LogP contribution in [0.25, 0.3) is 5.65 Å². The van der Waals surface area contributed by atoms with Crippen molar-refractivity contribution in [3.63, 3.8) is 0 Å². The van der Waals surface area contributed by atoms with Crippen LogP contribution in [-0.2, 0) is 0 Å². The highest BCUT2D eigenvalue weighted by molar-refractivity contribution is 5.98. The minimum Gasteiger partial charge on any atom is -0.383 e. The second-order valence-electron chi connectivity index (χ2n) is 3.09. The van der Waals surface area contributed by atoms with Gasteiger partial charge in [-0.3, -0.25) is 10.2 Å². The highest BCUT2D eigenvalue weighted by atomic mass is 16.2. The van der Waals surface area contributed by atoms with Crippen molar-refractivity contribution in [1.82, 2.24) is 20.0 Å². The fourth-order valence-corrected chi connectivity index (χ4v) is 1.32. The Hall–Kier alpha value is -2.15. The summed E-state index contributed by atoms with van der Waals surface area (Å²) >= 11 is 0. The van der Waals surface area contributed by atoms with E-state index in [9.17, 15) is 4.79 Å². The maximum atomic E-state index is 11.3. The lowest BCUT2D eigenvalue weighted by Crippen LogP contribution is -2.31. The normalized spacial score (nSPS) is 10.5. The Labute approximate surface area is 85.0 Å². The number of nitrogens with zero attached hydrogens (tertiary/aromatic N) is 3. The Morgan fingerprint density at radius 1 is 1.60 bits per heavy atom. The molecule has 1 amide bonds. The summed E-state index contributed by atoms with van der Waals surface area (Å²) in [6.07, 6.45) is 1.37. The number of hydrogen-bond donors (Lipinski definition) is 3. The summed E-state index contributed by atoms with van der Waals surface area (Å²) < 4.78 is 1.40. The zero-order valence-corrected chi connectivity index (χ0v) is 8.06. The first-order valence-corrected chi connectivity index (χ1v) is 4.25. The van der Waals surface area contributed by atoms with Crippen molar-refractivity contribution in [2.24, 2.45) is 5.84 Å². The van der Waals surface area contributed by atoms with Gasteiger partial charge in [-0.05, 0) is 6.92 Å². The van der Waals surface area contributed by atoms with Crippen LogP contribution in [0.15, 0.2) is 12.3 Å². The molecule has 78 valence electrons. The maximum Gasteiger partial charge on any atom is 0.270 e. The number of nitrogens with two attached hydrogens (primary N) is 2. The molecule has 2 aromatic rings. The molecule has 0 radical (unpaired) electrons. The highest BCUT2D eigenvalue weighted by Gasteiger charge is 2.13. The number of fused-ring (bicyclic) bond motifs is 1. The average molecular weight is 206 g/mol. The second-order valence-corrected chi connectivity index (χ2v) is 3.09. The number of aryl methyl sites for hydroxylation is 1. The first-order chi connectivity index (χ1) is 7.13. The van der Waals surface area contributed by atoms with Crippen molar-refractivity contribution in [2.45, 2.75) is 6.92 Å². The van der Waals surface area contributed by atoms with E-state index in [1.807, 2.05) is 12.3 Å². The minimum absolute atomic E-state index is 0.202. The smallest absolute Gasteiger partial charge is 0.270 e. The fraction of sp³-hybridized carbons (Fsp3) is 0.125. The molecule has 0 spiro atoms. The molecule has 0 fully saturated rings. The quantitative estimate of drug-likeness (QED) is 0.322. The number of nitrogen functional groups attached to an aromatic ring is 2. The van der Waals surface area contributed by atoms with Gasteiger partial charge in [0.1, 0.15) is 11.4 Å². The third-order valence-electron chi connectivity index (χ3n) is 2.02. The summed E-state index contributed by atoms with van der Waals surface area (Å²) in [5.41, 5.74) is 9.32. The van der Waals surface area contributed by atoms with Crippen LogP contribution in [0.3, 0.4) is 0 Å². The van der Waals surface area contributed by atoms with Gasteiger partial charge >= 0.3 is 0 Å². The summed E-state index contributed by atoms with van der Waals surface area (Å²) in [6, 6.07) is 1.76. The molecule has 0 atom stereocenters. The van der Waals surface area contributed by atoms with Gasteiger partial charge in [0.25, 0.3) is 5.91 Å². The molecule has 5 N–H and O–H groups in total. The van der Waals surface area contributed by atoms with E-state index in [1.165, 1.54) is 10.7 Å². The second kappa shape index (κ2) is 3.21. The van der Waals surface area contributed by atoms with Crippen LogP contribution in [0.1, 0.15) is 16.1 Å². The highest BCUT2D eigenvalue weighted by Crippen LogP contribution is 2.13. The summed E-state index contributed by atoms with van der Waals surface area (Å²) in [7, 11) is 0. The number of nitrogens with one attached hydrogen (secondary N) is 1. The Morgan fingerprint density at radius 2 is 2.33 bits per heavy atom. The molecule has 2 aromatic heterocycles. The van der Waals surface area contributed by atoms with Gasteiger partial charge in [0.15, 0.2) is 5.65 Å². The van der Waals surface area contributed by atoms with Crippen molar-refractivity contribution in [3.8, 4) is 0 Å². The van der Waals surface area contributed by atoms with Gasteiger partial charge in [0.2, 0.25) is 0 Å². The molecule has 15 heavy (non-hydrogen) atoms. The predicted octanol–water partition coefficient (Wildman–Crippen LogP) is -0.777. The zero-order chi connectivity index (χ0) is 11.0. The largest absolute Gasteiger partial charge is 0.383 e. The third kappa shape index (κ3) is 1.38. The van der Waals surface area contributed by atoms with Gasteiger partial charge in [-0.15, -0.1) is 0 Å². The molecule has 0 saturated carbocycles. The van der Waals surface area contributed by atoms with Crippen LogP contribution in [-0.4, -0.2) is 20.5 Å². The molecular weight excluding hydrogens is 196 g/mol. The molecule has 0 aliphatic heterocycles. The molecule has 2 heterocycles. The number of aromatic nitrogens is 3. The number of carbonyl (C=O) groups excluding carboxylic acids is 1. The Kier molecular flexibility index (Phi) is 2.01. The van der Waals surface area contributed by atoms with Gasteiger partial charge in [-0.25, -0.2) is 10.8 Å². The number of anilines is 1. The molecule has 0 aliphatic rings. The molecule has 7 nitrogen and oxygen atoms in total. The molecule has 0 unspecified atom stereocenters. The van der Waals surface area contributed by atoms with Crippen LogP contribution in [0.4, 0.5) is 5.82 Å². The monoisotopic (exact) mass is 206 g/mol. The van der Waals surface area contributed by atoms with Crippen molar-refractivity contribution in [2.75, 3.05) is 5.73 Å². The van der Waals surface area contributed by atoms with Gasteiger partial charge in [0.05, 0.1) is 5.69 Å². The molecule has 0 saturated heterocycles. The van der Waals surface area contributed by atoms with Gasteiger partial charge < -0.3 is 5.73 Å². The zero-order valence-electron chi connectivity index (χ0n) is 8.06. The van der Waals surface area contributed by atoms with Crippen molar-refractivity contribution >= 4 is 17.4 Å². The van der Waals surface area contributed by atoms with Gasteiger partial charge in [0, 0.05) is 12.3 Å². The van der Waals surface area contributed by atoms with Crippen LogP contribution >= 0.6 is 0 Å². The third-order valence-corrected chi connectivity index (χ3v) is 2.02. The molecule has 0 aromatic carbocycles. The maximum absolute atomic E-state index is 11.3. The first-order valence-electron chi connectivity index (χ1n) is 4.25. The summed E-state index contributed by atoms with van der Waals surface area (Å²) in [6.45, 7) is 1.82. The van der Waals surface area contributed by atoms with Crippen LogP contribution in [0.2, 0.25) is 0 Å². The van der Waals surface area contributed by atoms with Gasteiger partial charge in [-0.1, -0.05) is 0 Å². The molecular formula is C8H10N6O. The van der Waals surface area contributed by atoms with E-state index >= 15 is 0 Å². The van der Waals surface area contributed by atoms with E-state index in [0.29, 0.717) is 5.65 Å². The van der Waals surface area contributed by atoms with E-state index in [1.54, 1.807) is 6.07 Å². The minimum atomic E-state index is -0.491. The van der Waals surface area contributed by atoms with E-state index < -0.39 is 5.91 Å². The average Bonchev–Trinajstić information content (AvgIpc) is 2.59. The number of amides is 1. The van der Waals surface area contributed by atoms with Crippen molar-refractivity contribution in [3.05, 3.63) is 23.5 Å². The van der Waals surface area contributed by atoms with Crippen molar-refractivity contribution in [1.29, 1.82) is 0 Å². The predicted molar refractivity (Wildman–Crippen MR) is 53.8 cm³/mol. The van der Waals surface area contributed by atoms with Crippen LogP contribution in [0.5, 0.6) is 0 Å². The van der Waals surface area contributed by atoms with E-state index in [4.69, 9.17) is 11.6 Å². The number of rotatable bonds is 1. The van der Waals surface area contributed by atoms with E-state index in [0.717, 1.165) is 5.69 Å². The molecule has 0 aliphatic carbocycles. The van der Waals surface area contributed by atoms with Gasteiger partial charge in [-0.2, -0.15) is 9.61 Å². The Balaban J connectivity index is 2.69. The number of carbonyl (C=O) groups is 1. The van der Waals surface area contributed by atoms with E-state index in [2.05, 4.69) is 10.1 Å². The number of hydrogen-bond acceptors (Lipinski definition) is 5. The first kappa shape index (κ1) is 9.41. The fourth-order valence-electron chi connectivity index (χ4n) is 1.32. The summed E-state index contributed by atoms with van der Waals surface area (Å²) in [5.74, 6) is 4.74. The Bertz CT molecular complexity index is 531. The van der Waals surface area contributed by atoms with E-state index in [-0.39, 0.29) is 11.4 Å². The molecule has 7 heteroatoms. The SMILES string of the molecule is Cc1cc2ncc(C(=O)NN)c(N)n2n1. The lowest BCUT2D eigenvalue weighted by atomic mass is 10.3. The summed E-state index contributed by atoms with van der Waals surface area (Å²) in [4.78, 5) is 15.3. The lowest BCUT2D eigenvalue weighted by Gasteiger charge is -2.04. The summed E-state index contributed by atoms with van der Waals surface area (Å²) in [5, 5.41) is 4.10. The topological polar surface area (TPSA) is 111 Å². The molecule has 2 rings (SSSR count). The lowest BCUT2D eigenvalue weighted by molar-refractivity contribution is 0.0954. The Morgan fingerprint density at radius 3 is 3.00 bits per heavy atom. The standard InChI is InChI=1S/C8H10N6O/c1-4-2-6-11-3-5(8(15)12-10)7(9)14(6)13-4/h2-3H,9-10H2,1H3,(H,12,15). The van der Waals surface area contributed by atoms with Crippen LogP contribution in [0, 0.1) is 6.92 Å². The van der Waals surface area contributed by atoms with Crippen LogP contribution < -0.4 is 17.0 Å². The van der Waals surface area contributed by atoms with Crippen molar-refractivity contribution < 1.29 is 4.79 Å². The number of hydrazine groups is 1.